The second-order valence-electron chi connectivity index (χ2n) is 4.48. The van der Waals surface area contributed by atoms with Crippen LogP contribution in [0.5, 0.6) is 5.75 Å². The molecule has 0 bridgehead atoms. The summed E-state index contributed by atoms with van der Waals surface area (Å²) in [5.74, 6) is 1.42. The number of ether oxygens (including phenoxy) is 1. The van der Waals surface area contributed by atoms with Crippen LogP contribution in [0.1, 0.15) is 19.4 Å². The first-order valence-electron chi connectivity index (χ1n) is 6.01. The number of nitrogens with one attached hydrogen (secondary N) is 1. The Morgan fingerprint density at radius 3 is 3.06 bits per heavy atom. The minimum Gasteiger partial charge on any atom is -0.508 e. The Balaban J connectivity index is 2.21. The maximum Gasteiger partial charge on any atom is 0.117 e. The van der Waals surface area contributed by atoms with Crippen molar-refractivity contribution in [2.24, 2.45) is 5.92 Å². The van der Waals surface area contributed by atoms with E-state index in [0.717, 1.165) is 17.9 Å². The third-order valence-corrected chi connectivity index (χ3v) is 3.26. The van der Waals surface area contributed by atoms with Crippen molar-refractivity contribution in [1.82, 2.24) is 0 Å². The average molecular weight is 233 g/mol. The third-order valence-electron chi connectivity index (χ3n) is 3.26. The van der Waals surface area contributed by atoms with Gasteiger partial charge in [-0.05, 0) is 31.9 Å². The molecule has 1 heterocycles. The molecule has 0 aromatic heterocycles. The van der Waals surface area contributed by atoms with Crippen LogP contribution >= 0.6 is 0 Å². The highest BCUT2D eigenvalue weighted by Crippen LogP contribution is 2.34. The lowest BCUT2D eigenvalue weighted by Gasteiger charge is -2.33. The molecule has 1 aliphatic heterocycles. The predicted octanol–water partition coefficient (Wildman–Crippen LogP) is 2.92. The topological polar surface area (TPSA) is 41.5 Å². The van der Waals surface area contributed by atoms with Crippen molar-refractivity contribution >= 4 is 5.69 Å². The number of fused-ring (bicyclic) bond motifs is 1. The van der Waals surface area contributed by atoms with Crippen molar-refractivity contribution in [2.45, 2.75) is 26.3 Å². The fraction of sp³-hybridized carbons (Fsp3) is 0.429. The first-order chi connectivity index (χ1) is 8.11. The number of hydrogen-bond acceptors (Lipinski definition) is 3. The first kappa shape index (κ1) is 11.8. The molecule has 0 radical (unpaired) electrons. The van der Waals surface area contributed by atoms with E-state index in [2.05, 4.69) is 18.8 Å². The molecule has 0 spiro atoms. The zero-order chi connectivity index (χ0) is 12.4. The lowest BCUT2D eigenvalue weighted by atomic mass is 9.87. The number of hydrogen-bond donors (Lipinski definition) is 2. The highest BCUT2D eigenvalue weighted by molar-refractivity contribution is 5.58. The van der Waals surface area contributed by atoms with Crippen LogP contribution in [0.2, 0.25) is 0 Å². The van der Waals surface area contributed by atoms with Crippen LogP contribution in [-0.2, 0) is 11.2 Å². The second kappa shape index (κ2) is 4.70. The molecule has 92 valence electrons. The van der Waals surface area contributed by atoms with E-state index in [4.69, 9.17) is 4.74 Å². The lowest BCUT2D eigenvalue weighted by molar-refractivity contribution is 0.184. The van der Waals surface area contributed by atoms with Gasteiger partial charge in [-0.2, -0.15) is 0 Å². The van der Waals surface area contributed by atoms with Gasteiger partial charge < -0.3 is 15.2 Å². The third kappa shape index (κ3) is 2.38. The van der Waals surface area contributed by atoms with Gasteiger partial charge >= 0.3 is 0 Å². The molecule has 2 rings (SSSR count). The molecule has 1 aromatic carbocycles. The Labute approximate surface area is 102 Å². The van der Waals surface area contributed by atoms with Gasteiger partial charge in [0.2, 0.25) is 0 Å². The smallest absolute Gasteiger partial charge is 0.117 e. The molecule has 0 fully saturated rings. The molecule has 0 unspecified atom stereocenters. The first-order valence-corrected chi connectivity index (χ1v) is 6.01. The van der Waals surface area contributed by atoms with Gasteiger partial charge in [-0.15, -0.1) is 0 Å². The Morgan fingerprint density at radius 1 is 1.59 bits per heavy atom. The minimum absolute atomic E-state index is 0.267. The minimum atomic E-state index is 0.267. The molecule has 1 aliphatic rings. The Kier molecular flexibility index (Phi) is 3.27. The molecule has 2 atom stereocenters. The van der Waals surface area contributed by atoms with Gasteiger partial charge in [-0.1, -0.05) is 12.6 Å². The maximum atomic E-state index is 9.45. The van der Waals surface area contributed by atoms with E-state index in [0.29, 0.717) is 12.4 Å². The summed E-state index contributed by atoms with van der Waals surface area (Å²) in [5, 5.41) is 12.8. The molecular formula is C14H19NO2. The summed E-state index contributed by atoms with van der Waals surface area (Å²) in [5.41, 5.74) is 2.21. The van der Waals surface area contributed by atoms with Crippen LogP contribution in [-0.4, -0.2) is 17.8 Å². The quantitative estimate of drug-likeness (QED) is 0.789. The van der Waals surface area contributed by atoms with E-state index in [9.17, 15) is 5.11 Å². The van der Waals surface area contributed by atoms with Gasteiger partial charge in [-0.3, -0.25) is 0 Å². The Bertz CT molecular complexity index is 428. The van der Waals surface area contributed by atoms with Gasteiger partial charge in [0.1, 0.15) is 5.75 Å². The van der Waals surface area contributed by atoms with Crippen LogP contribution in [0.15, 0.2) is 30.5 Å². The predicted molar refractivity (Wildman–Crippen MR) is 69.2 cm³/mol. The largest absolute Gasteiger partial charge is 0.508 e. The number of benzene rings is 1. The molecule has 1 aromatic rings. The van der Waals surface area contributed by atoms with E-state index in [1.54, 1.807) is 12.1 Å². The summed E-state index contributed by atoms with van der Waals surface area (Å²) >= 11 is 0. The summed E-state index contributed by atoms with van der Waals surface area (Å²) < 4.78 is 5.51. The number of anilines is 1. The summed E-state index contributed by atoms with van der Waals surface area (Å²) in [7, 11) is 0. The van der Waals surface area contributed by atoms with Gasteiger partial charge in [0.25, 0.3) is 0 Å². The van der Waals surface area contributed by atoms with Crippen molar-refractivity contribution in [3.05, 3.63) is 36.1 Å². The molecule has 3 nitrogen and oxygen atoms in total. The maximum absolute atomic E-state index is 9.45. The van der Waals surface area contributed by atoms with E-state index in [-0.39, 0.29) is 12.0 Å². The fourth-order valence-corrected chi connectivity index (χ4v) is 2.32. The highest BCUT2D eigenvalue weighted by Gasteiger charge is 2.27. The van der Waals surface area contributed by atoms with Crippen molar-refractivity contribution in [3.8, 4) is 5.75 Å². The lowest BCUT2D eigenvalue weighted by Crippen LogP contribution is -2.34. The van der Waals surface area contributed by atoms with Gasteiger partial charge in [0.05, 0.1) is 12.4 Å². The van der Waals surface area contributed by atoms with Crippen LogP contribution in [0.4, 0.5) is 5.69 Å². The van der Waals surface area contributed by atoms with Crippen molar-refractivity contribution in [3.63, 3.8) is 0 Å². The molecule has 0 aliphatic carbocycles. The second-order valence-corrected chi connectivity index (χ2v) is 4.48. The zero-order valence-electron chi connectivity index (χ0n) is 10.4. The standard InChI is InChI=1S/C14H19NO2/c1-4-17-10(3)13-7-11-5-6-12(16)8-14(11)15-9(13)2/h5-6,8-9,13,15-16H,3-4,7H2,1-2H3/t9-,13-/m1/s1. The van der Waals surface area contributed by atoms with Crippen LogP contribution < -0.4 is 5.32 Å². The van der Waals surface area contributed by atoms with E-state index >= 15 is 0 Å². The summed E-state index contributed by atoms with van der Waals surface area (Å²) in [6.07, 6.45) is 0.905. The zero-order valence-corrected chi connectivity index (χ0v) is 10.4. The molecule has 0 amide bonds. The number of aromatic hydroxyl groups is 1. The summed E-state index contributed by atoms with van der Waals surface area (Å²) in [6.45, 7) is 8.74. The van der Waals surface area contributed by atoms with E-state index in [1.807, 2.05) is 13.0 Å². The van der Waals surface area contributed by atoms with Crippen LogP contribution in [0.3, 0.4) is 0 Å². The van der Waals surface area contributed by atoms with Gasteiger partial charge in [-0.25, -0.2) is 0 Å². The van der Waals surface area contributed by atoms with E-state index in [1.165, 1.54) is 5.56 Å². The average Bonchev–Trinajstić information content (AvgIpc) is 2.28. The number of rotatable bonds is 3. The van der Waals surface area contributed by atoms with E-state index < -0.39 is 0 Å². The molecular weight excluding hydrogens is 214 g/mol. The van der Waals surface area contributed by atoms with Crippen LogP contribution in [0, 0.1) is 5.92 Å². The fourth-order valence-electron chi connectivity index (χ4n) is 2.32. The molecule has 0 saturated heterocycles. The molecule has 17 heavy (non-hydrogen) atoms. The van der Waals surface area contributed by atoms with Gasteiger partial charge in [0.15, 0.2) is 0 Å². The Hall–Kier alpha value is -1.64. The number of phenolic OH excluding ortho intramolecular Hbond substituents is 1. The monoisotopic (exact) mass is 233 g/mol. The number of phenols is 1. The van der Waals surface area contributed by atoms with Crippen molar-refractivity contribution in [1.29, 1.82) is 0 Å². The molecule has 3 heteroatoms. The van der Waals surface area contributed by atoms with Crippen LogP contribution in [0.25, 0.3) is 0 Å². The van der Waals surface area contributed by atoms with Crippen molar-refractivity contribution < 1.29 is 9.84 Å². The SMILES string of the molecule is C=C(OCC)[C@@H]1Cc2ccc(O)cc2N[C@@H]1C. The summed E-state index contributed by atoms with van der Waals surface area (Å²) in [6, 6.07) is 5.71. The summed E-state index contributed by atoms with van der Waals surface area (Å²) in [4.78, 5) is 0. The molecule has 2 N–H and O–H groups in total. The van der Waals surface area contributed by atoms with Crippen molar-refractivity contribution in [2.75, 3.05) is 11.9 Å². The molecule has 0 saturated carbocycles. The highest BCUT2D eigenvalue weighted by atomic mass is 16.5. The Morgan fingerprint density at radius 2 is 2.35 bits per heavy atom. The van der Waals surface area contributed by atoms with Gasteiger partial charge in [0, 0.05) is 23.7 Å². The normalized spacial score (nSPS) is 22.5.